The molecule has 26 heavy (non-hydrogen) atoms. The Morgan fingerprint density at radius 3 is 2.08 bits per heavy atom. The molecule has 0 heterocycles. The monoisotopic (exact) mass is 361 g/mol. The third-order valence-electron chi connectivity index (χ3n) is 4.11. The van der Waals surface area contributed by atoms with Gasteiger partial charge >= 0.3 is 6.03 Å². The Labute approximate surface area is 156 Å². The fourth-order valence-electron chi connectivity index (χ4n) is 2.64. The van der Waals surface area contributed by atoms with E-state index in [1.54, 1.807) is 0 Å². The van der Waals surface area contributed by atoms with Gasteiger partial charge in [0.05, 0.1) is 12.1 Å². The molecule has 0 aliphatic heterocycles. The van der Waals surface area contributed by atoms with Gasteiger partial charge < -0.3 is 10.6 Å². The number of carbonyl (C=O) groups is 3. The normalized spacial score (nSPS) is 13.1. The van der Waals surface area contributed by atoms with Crippen LogP contribution < -0.4 is 16.0 Å². The summed E-state index contributed by atoms with van der Waals surface area (Å²) in [6.45, 7) is 7.91. The maximum Gasteiger partial charge on any atom is 0.315 e. The van der Waals surface area contributed by atoms with Crippen LogP contribution in [0.15, 0.2) is 30.3 Å². The number of hydrogen-bond donors (Lipinski definition) is 3. The van der Waals surface area contributed by atoms with Crippen LogP contribution in [0.3, 0.4) is 0 Å². The first-order valence-electron chi connectivity index (χ1n) is 9.12. The lowest BCUT2D eigenvalue weighted by Crippen LogP contribution is -2.48. The average molecular weight is 361 g/mol. The zero-order valence-electron chi connectivity index (χ0n) is 16.2. The first kappa shape index (κ1) is 21.8. The van der Waals surface area contributed by atoms with Gasteiger partial charge in [-0.15, -0.1) is 0 Å². The molecule has 0 saturated heterocycles. The van der Waals surface area contributed by atoms with Gasteiger partial charge in [-0.2, -0.15) is 0 Å². The van der Waals surface area contributed by atoms with Crippen LogP contribution >= 0.6 is 0 Å². The number of urea groups is 1. The minimum absolute atomic E-state index is 0.0264. The summed E-state index contributed by atoms with van der Waals surface area (Å²) in [6, 6.07) is 8.57. The van der Waals surface area contributed by atoms with Crippen molar-refractivity contribution in [3.63, 3.8) is 0 Å². The molecule has 0 aromatic heterocycles. The molecule has 0 aliphatic carbocycles. The summed E-state index contributed by atoms with van der Waals surface area (Å²) in [6.07, 6.45) is 1.13. The summed E-state index contributed by atoms with van der Waals surface area (Å²) < 4.78 is 0. The van der Waals surface area contributed by atoms with Crippen molar-refractivity contribution in [2.24, 2.45) is 5.92 Å². The highest BCUT2D eigenvalue weighted by atomic mass is 16.2. The zero-order chi connectivity index (χ0) is 19.5. The standard InChI is InChI=1S/C20H31N3O3/c1-14(2)12-19(16(4)25)23-18(15(3)24)10-11-21-20(26)22-13-17-8-6-5-7-9-17/h5-9,14,18-19,23H,10-13H2,1-4H3,(H2,21,22,26)/t18-,19-/m0/s1. The molecule has 3 N–H and O–H groups in total. The number of benzene rings is 1. The lowest BCUT2D eigenvalue weighted by atomic mass is 9.98. The van der Waals surface area contributed by atoms with Crippen LogP contribution in [-0.2, 0) is 16.1 Å². The Hall–Kier alpha value is -2.21. The molecule has 144 valence electrons. The summed E-state index contributed by atoms with van der Waals surface area (Å²) in [5.74, 6) is 0.343. The average Bonchev–Trinajstić information content (AvgIpc) is 2.58. The van der Waals surface area contributed by atoms with Crippen molar-refractivity contribution in [3.05, 3.63) is 35.9 Å². The number of hydrogen-bond acceptors (Lipinski definition) is 4. The molecular weight excluding hydrogens is 330 g/mol. The summed E-state index contributed by atoms with van der Waals surface area (Å²) in [7, 11) is 0. The largest absolute Gasteiger partial charge is 0.338 e. The lowest BCUT2D eigenvalue weighted by Gasteiger charge is -2.24. The van der Waals surface area contributed by atoms with Crippen molar-refractivity contribution in [1.82, 2.24) is 16.0 Å². The minimum atomic E-state index is -0.447. The summed E-state index contributed by atoms with van der Waals surface area (Å²) in [5.41, 5.74) is 1.02. The Kier molecular flexibility index (Phi) is 9.58. The highest BCUT2D eigenvalue weighted by Gasteiger charge is 2.22. The Morgan fingerprint density at radius 1 is 0.923 bits per heavy atom. The van der Waals surface area contributed by atoms with Gasteiger partial charge in [0.15, 0.2) is 0 Å². The molecule has 0 fully saturated rings. The Bertz CT molecular complexity index is 587. The highest BCUT2D eigenvalue weighted by molar-refractivity contribution is 5.85. The lowest BCUT2D eigenvalue weighted by molar-refractivity contribution is -0.121. The van der Waals surface area contributed by atoms with Gasteiger partial charge in [0.25, 0.3) is 0 Å². The maximum absolute atomic E-state index is 11.9. The van der Waals surface area contributed by atoms with E-state index in [1.807, 2.05) is 44.2 Å². The predicted molar refractivity (Wildman–Crippen MR) is 103 cm³/mol. The SMILES string of the molecule is CC(=O)[C@H](CCNC(=O)NCc1ccccc1)N[C@@H](CC(C)C)C(C)=O. The first-order chi connectivity index (χ1) is 12.3. The van der Waals surface area contributed by atoms with E-state index in [2.05, 4.69) is 16.0 Å². The van der Waals surface area contributed by atoms with Crippen molar-refractivity contribution < 1.29 is 14.4 Å². The van der Waals surface area contributed by atoms with E-state index in [1.165, 1.54) is 13.8 Å². The third kappa shape index (κ3) is 8.76. The van der Waals surface area contributed by atoms with E-state index in [-0.39, 0.29) is 23.6 Å². The van der Waals surface area contributed by atoms with Gasteiger partial charge in [0.1, 0.15) is 11.6 Å². The van der Waals surface area contributed by atoms with Crippen molar-refractivity contribution in [1.29, 1.82) is 0 Å². The molecule has 0 radical (unpaired) electrons. The number of ketones is 2. The summed E-state index contributed by atoms with van der Waals surface area (Å²) >= 11 is 0. The van der Waals surface area contributed by atoms with E-state index in [0.29, 0.717) is 31.8 Å². The molecule has 0 unspecified atom stereocenters. The van der Waals surface area contributed by atoms with Gasteiger partial charge in [-0.05, 0) is 38.2 Å². The van der Waals surface area contributed by atoms with Gasteiger partial charge in [-0.25, -0.2) is 4.79 Å². The van der Waals surface area contributed by atoms with Crippen molar-refractivity contribution in [2.45, 2.75) is 59.2 Å². The third-order valence-corrected chi connectivity index (χ3v) is 4.11. The summed E-state index contributed by atoms with van der Waals surface area (Å²) in [4.78, 5) is 35.5. The topological polar surface area (TPSA) is 87.3 Å². The Balaban J connectivity index is 2.41. The van der Waals surface area contributed by atoms with E-state index >= 15 is 0 Å². The fourth-order valence-corrected chi connectivity index (χ4v) is 2.64. The molecule has 0 aliphatic rings. The molecule has 6 nitrogen and oxygen atoms in total. The van der Waals surface area contributed by atoms with Gasteiger partial charge in [0, 0.05) is 13.1 Å². The molecule has 6 heteroatoms. The van der Waals surface area contributed by atoms with Crippen LogP contribution in [-0.4, -0.2) is 36.2 Å². The van der Waals surface area contributed by atoms with Gasteiger partial charge in [-0.1, -0.05) is 44.2 Å². The van der Waals surface area contributed by atoms with Crippen LogP contribution in [0.4, 0.5) is 4.79 Å². The molecule has 1 aromatic carbocycles. The van der Waals surface area contributed by atoms with E-state index in [4.69, 9.17) is 0 Å². The molecular formula is C20H31N3O3. The van der Waals surface area contributed by atoms with Gasteiger partial charge in [0.2, 0.25) is 0 Å². The smallest absolute Gasteiger partial charge is 0.315 e. The molecule has 2 atom stereocenters. The number of Topliss-reactive ketones (excluding diaryl/α,β-unsaturated/α-hetero) is 2. The number of nitrogens with one attached hydrogen (secondary N) is 3. The molecule has 1 aromatic rings. The summed E-state index contributed by atoms with van der Waals surface area (Å²) in [5, 5.41) is 8.68. The molecule has 0 bridgehead atoms. The maximum atomic E-state index is 11.9. The van der Waals surface area contributed by atoms with Crippen LogP contribution in [0, 0.1) is 5.92 Å². The number of amides is 2. The van der Waals surface area contributed by atoms with Crippen LogP contribution in [0.1, 0.15) is 46.1 Å². The van der Waals surface area contributed by atoms with E-state index < -0.39 is 6.04 Å². The van der Waals surface area contributed by atoms with Gasteiger partial charge in [-0.3, -0.25) is 14.9 Å². The first-order valence-corrected chi connectivity index (χ1v) is 9.12. The molecule has 1 rings (SSSR count). The van der Waals surface area contributed by atoms with Crippen LogP contribution in [0.2, 0.25) is 0 Å². The highest BCUT2D eigenvalue weighted by Crippen LogP contribution is 2.08. The molecule has 2 amide bonds. The van der Waals surface area contributed by atoms with Crippen LogP contribution in [0.25, 0.3) is 0 Å². The number of carbonyl (C=O) groups excluding carboxylic acids is 3. The second-order valence-corrected chi connectivity index (χ2v) is 7.01. The Morgan fingerprint density at radius 2 is 1.54 bits per heavy atom. The number of rotatable bonds is 11. The quantitative estimate of drug-likeness (QED) is 0.565. The minimum Gasteiger partial charge on any atom is -0.338 e. The predicted octanol–water partition coefficient (Wildman–Crippen LogP) is 2.43. The zero-order valence-corrected chi connectivity index (χ0v) is 16.2. The molecule has 0 saturated carbocycles. The van der Waals surface area contributed by atoms with Crippen molar-refractivity contribution in [3.8, 4) is 0 Å². The van der Waals surface area contributed by atoms with Crippen LogP contribution in [0.5, 0.6) is 0 Å². The van der Waals surface area contributed by atoms with E-state index in [0.717, 1.165) is 5.56 Å². The molecule has 0 spiro atoms. The van der Waals surface area contributed by atoms with Crippen molar-refractivity contribution >= 4 is 17.6 Å². The second-order valence-electron chi connectivity index (χ2n) is 7.01. The fraction of sp³-hybridized carbons (Fsp3) is 0.550. The second kappa shape index (κ2) is 11.4. The van der Waals surface area contributed by atoms with E-state index in [9.17, 15) is 14.4 Å². The van der Waals surface area contributed by atoms with Crippen molar-refractivity contribution in [2.75, 3.05) is 6.54 Å².